The molecule has 226 valence electrons. The summed E-state index contributed by atoms with van der Waals surface area (Å²) in [6.45, 7) is 5.55. The van der Waals surface area contributed by atoms with Crippen LogP contribution in [0.25, 0.3) is 0 Å². The number of likely N-dealkylation sites (tertiary alicyclic amines) is 1. The van der Waals surface area contributed by atoms with Crippen molar-refractivity contribution in [1.29, 1.82) is 0 Å². The zero-order valence-electron chi connectivity index (χ0n) is 24.1. The van der Waals surface area contributed by atoms with Gasteiger partial charge in [0.2, 0.25) is 5.78 Å². The Bertz CT molecular complexity index is 1480. The van der Waals surface area contributed by atoms with E-state index < -0.39 is 63.9 Å². The van der Waals surface area contributed by atoms with E-state index >= 15 is 4.39 Å². The number of ketones is 2. The lowest BCUT2D eigenvalue weighted by Crippen LogP contribution is -2.64. The first kappa shape index (κ1) is 28.8. The lowest BCUT2D eigenvalue weighted by molar-refractivity contribution is -0.149. The number of phenolic OH excluding ortho intramolecular Hbond substituents is 1. The molecule has 1 aliphatic heterocycles. The second-order valence-corrected chi connectivity index (χ2v) is 12.6. The molecule has 4 aliphatic carbocycles. The quantitative estimate of drug-likeness (QED) is 0.316. The van der Waals surface area contributed by atoms with Crippen molar-refractivity contribution in [3.05, 3.63) is 50.7 Å². The normalized spacial score (nSPS) is 32.2. The van der Waals surface area contributed by atoms with Gasteiger partial charge in [-0.25, -0.2) is 4.39 Å². The van der Waals surface area contributed by atoms with Crippen molar-refractivity contribution in [3.8, 4) is 5.75 Å². The zero-order chi connectivity index (χ0) is 30.4. The highest BCUT2D eigenvalue weighted by Crippen LogP contribution is 2.56. The monoisotopic (exact) mass is 583 g/mol. The molecule has 6 rings (SSSR count). The van der Waals surface area contributed by atoms with E-state index in [2.05, 4.69) is 4.90 Å². The molecule has 0 radical (unpaired) electrons. The van der Waals surface area contributed by atoms with Gasteiger partial charge in [-0.05, 0) is 77.0 Å². The van der Waals surface area contributed by atoms with Crippen LogP contribution in [0.3, 0.4) is 0 Å². The number of primary amides is 1. The number of halogens is 1. The van der Waals surface area contributed by atoms with Gasteiger partial charge in [0.25, 0.3) is 5.91 Å². The van der Waals surface area contributed by atoms with Crippen molar-refractivity contribution in [2.24, 2.45) is 23.5 Å². The average molecular weight is 584 g/mol. The number of amides is 1. The van der Waals surface area contributed by atoms with Crippen LogP contribution in [0.5, 0.6) is 5.75 Å². The molecule has 5 aliphatic rings. The van der Waals surface area contributed by atoms with Crippen molar-refractivity contribution < 1.29 is 39.2 Å². The fourth-order valence-electron chi connectivity index (χ4n) is 8.67. The molecule has 6 atom stereocenters. The Morgan fingerprint density at radius 3 is 2.40 bits per heavy atom. The molecule has 1 amide bonds. The van der Waals surface area contributed by atoms with E-state index in [0.29, 0.717) is 43.5 Å². The predicted molar refractivity (Wildman–Crippen MR) is 149 cm³/mol. The molecular formula is C31H38FN3O7. The van der Waals surface area contributed by atoms with E-state index in [4.69, 9.17) is 5.73 Å². The summed E-state index contributed by atoms with van der Waals surface area (Å²) in [5.41, 5.74) is 2.31. The molecule has 1 aromatic rings. The molecule has 1 saturated heterocycles. The van der Waals surface area contributed by atoms with E-state index in [-0.39, 0.29) is 47.3 Å². The number of benzene rings is 1. The van der Waals surface area contributed by atoms with Gasteiger partial charge in [0.1, 0.15) is 28.7 Å². The Morgan fingerprint density at radius 1 is 1.12 bits per heavy atom. The number of Topliss-reactive ketones (excluding diaryl/α,β-unsaturated/α-hetero) is 2. The summed E-state index contributed by atoms with van der Waals surface area (Å²) in [5, 5.41) is 46.3. The number of nitrogens with two attached hydrogens (primary N) is 1. The number of nitrogens with zero attached hydrogens (tertiary/aromatic N) is 2. The lowest BCUT2D eigenvalue weighted by atomic mass is 9.58. The first-order valence-electron chi connectivity index (χ1n) is 14.9. The summed E-state index contributed by atoms with van der Waals surface area (Å²) in [5.74, 6) is -7.55. The molecule has 11 heteroatoms. The molecule has 42 heavy (non-hydrogen) atoms. The first-order chi connectivity index (χ1) is 19.9. The number of carbonyl (C=O) groups excluding carboxylic acids is 3. The largest absolute Gasteiger partial charge is 0.510 e. The molecule has 1 heterocycles. The highest BCUT2D eigenvalue weighted by molar-refractivity contribution is 6.24. The number of aliphatic hydroxyl groups excluding tert-OH is 2. The number of carbonyl (C=O) groups is 3. The molecule has 0 spiro atoms. The molecular weight excluding hydrogens is 545 g/mol. The van der Waals surface area contributed by atoms with Crippen LogP contribution < -0.4 is 5.73 Å². The van der Waals surface area contributed by atoms with E-state index in [1.54, 1.807) is 0 Å². The predicted octanol–water partition coefficient (Wildman–Crippen LogP) is 2.37. The highest BCUT2D eigenvalue weighted by atomic mass is 19.1. The van der Waals surface area contributed by atoms with E-state index in [1.807, 2.05) is 25.8 Å². The summed E-state index contributed by atoms with van der Waals surface area (Å²) in [6, 6.07) is -1.25. The van der Waals surface area contributed by atoms with Crippen LogP contribution in [0.2, 0.25) is 0 Å². The van der Waals surface area contributed by atoms with Gasteiger partial charge in [0, 0.05) is 34.2 Å². The summed E-state index contributed by atoms with van der Waals surface area (Å²) in [6.07, 6.45) is 2.47. The van der Waals surface area contributed by atoms with E-state index in [9.17, 15) is 34.8 Å². The number of allylic oxidation sites excluding steroid dienone is 1. The van der Waals surface area contributed by atoms with Gasteiger partial charge < -0.3 is 26.2 Å². The Kier molecular flexibility index (Phi) is 6.79. The fraction of sp³-hybridized carbons (Fsp3) is 0.581. The molecule has 0 saturated carbocycles. The number of hydrogen-bond acceptors (Lipinski definition) is 9. The van der Waals surface area contributed by atoms with Crippen molar-refractivity contribution >= 4 is 17.5 Å². The maximum Gasteiger partial charge on any atom is 0.255 e. The first-order valence-corrected chi connectivity index (χ1v) is 14.9. The maximum absolute atomic E-state index is 16.4. The third-order valence-corrected chi connectivity index (χ3v) is 10.4. The van der Waals surface area contributed by atoms with Crippen molar-refractivity contribution in [1.82, 2.24) is 9.80 Å². The van der Waals surface area contributed by atoms with Gasteiger partial charge >= 0.3 is 0 Å². The van der Waals surface area contributed by atoms with Gasteiger partial charge in [-0.1, -0.05) is 13.8 Å². The minimum absolute atomic E-state index is 0.0452. The van der Waals surface area contributed by atoms with Crippen LogP contribution in [0.4, 0.5) is 4.39 Å². The minimum atomic E-state index is -2.72. The minimum Gasteiger partial charge on any atom is -0.510 e. The fourth-order valence-corrected chi connectivity index (χ4v) is 8.67. The second-order valence-electron chi connectivity index (χ2n) is 12.6. The third-order valence-electron chi connectivity index (χ3n) is 10.4. The van der Waals surface area contributed by atoms with Crippen molar-refractivity contribution in [2.45, 2.75) is 70.1 Å². The second kappa shape index (κ2) is 9.89. The summed E-state index contributed by atoms with van der Waals surface area (Å²) in [4.78, 5) is 44.0. The Balaban J connectivity index is 1.53. The van der Waals surface area contributed by atoms with Crippen molar-refractivity contribution in [2.75, 3.05) is 26.7 Å². The van der Waals surface area contributed by atoms with Gasteiger partial charge in [-0.2, -0.15) is 0 Å². The van der Waals surface area contributed by atoms with Crippen molar-refractivity contribution in [3.63, 3.8) is 0 Å². The summed E-state index contributed by atoms with van der Waals surface area (Å²) in [7, 11) is 1.92. The number of fused-ring (bicyclic) bond motifs is 6. The van der Waals surface area contributed by atoms with Crippen LogP contribution in [0, 0.1) is 23.6 Å². The van der Waals surface area contributed by atoms with Crippen LogP contribution in [-0.2, 0) is 22.4 Å². The number of phenols is 1. The SMILES string of the molecule is CCCN(CCC)[C@@H]1C(O)=C(C(N)=O)C(=O)[C@@]2(O)C(O)=C3C(=O)c4c(O)c5c(c(F)c4C[C@H]3C[C@@H]12)C1C(CCN1C)C5. The molecule has 2 unspecified atom stereocenters. The van der Waals surface area contributed by atoms with Crippen LogP contribution in [0.1, 0.15) is 72.6 Å². The Hall–Kier alpha value is -3.28. The maximum atomic E-state index is 16.4. The molecule has 6 N–H and O–H groups in total. The molecule has 10 nitrogen and oxygen atoms in total. The topological polar surface area (TPSA) is 165 Å². The molecule has 1 fully saturated rings. The average Bonchev–Trinajstić information content (AvgIpc) is 3.49. The lowest BCUT2D eigenvalue weighted by Gasteiger charge is -2.51. The van der Waals surface area contributed by atoms with Crippen LogP contribution in [-0.4, -0.2) is 86.0 Å². The summed E-state index contributed by atoms with van der Waals surface area (Å²) < 4.78 is 16.4. The van der Waals surface area contributed by atoms with Gasteiger partial charge in [0.15, 0.2) is 11.4 Å². The number of rotatable bonds is 6. The van der Waals surface area contributed by atoms with E-state index in [1.165, 1.54) is 0 Å². The highest BCUT2D eigenvalue weighted by Gasteiger charge is 2.64. The Labute approximate surface area is 243 Å². The zero-order valence-corrected chi connectivity index (χ0v) is 24.1. The Morgan fingerprint density at radius 2 is 1.79 bits per heavy atom. The third kappa shape index (κ3) is 3.62. The smallest absolute Gasteiger partial charge is 0.255 e. The molecule has 1 aromatic carbocycles. The molecule has 0 aromatic heterocycles. The van der Waals surface area contributed by atoms with Gasteiger partial charge in [-0.3, -0.25) is 24.2 Å². The van der Waals surface area contributed by atoms with E-state index in [0.717, 1.165) is 13.0 Å². The number of hydrogen-bond donors (Lipinski definition) is 5. The summed E-state index contributed by atoms with van der Waals surface area (Å²) >= 11 is 0. The van der Waals surface area contributed by atoms with Gasteiger partial charge in [-0.15, -0.1) is 0 Å². The standard InChI is InChI=1S/C31H38FN3O7/c1-4-7-35(8-5-2)24-17-12-14-11-15-20(25(36)16-10-13-6-9-34(3)23(13)19(16)22(15)32)26(37)18(14)28(39)31(17,42)29(40)21(27(24)38)30(33)41/h13-14,17,23-24,36,38-39,42H,4-12H2,1-3H3,(H2,33,41)/t13?,14-,17-,23?,24-,31-/m0/s1. The number of aliphatic hydroxyl groups is 3. The number of aromatic hydroxyl groups is 1. The van der Waals surface area contributed by atoms with Crippen LogP contribution in [0.15, 0.2) is 22.7 Å². The van der Waals surface area contributed by atoms with Gasteiger partial charge in [0.05, 0.1) is 11.6 Å². The van der Waals surface area contributed by atoms with Crippen LogP contribution >= 0.6 is 0 Å². The molecule has 0 bridgehead atoms.